The van der Waals surface area contributed by atoms with E-state index in [1.165, 1.54) is 21.6 Å². The number of hydrogen-bond acceptors (Lipinski definition) is 3. The third-order valence-electron chi connectivity index (χ3n) is 4.57. The molecule has 0 spiro atoms. The van der Waals surface area contributed by atoms with Crippen molar-refractivity contribution in [3.05, 3.63) is 59.2 Å². The van der Waals surface area contributed by atoms with Crippen LogP contribution in [0, 0.1) is 6.92 Å². The van der Waals surface area contributed by atoms with E-state index in [4.69, 9.17) is 0 Å². The first-order valence-electron chi connectivity index (χ1n) is 8.81. The fourth-order valence-corrected chi connectivity index (χ4v) is 4.22. The Kier molecular flexibility index (Phi) is 5.82. The van der Waals surface area contributed by atoms with Crippen LogP contribution < -0.4 is 5.32 Å². The van der Waals surface area contributed by atoms with Crippen molar-refractivity contribution in [2.45, 2.75) is 30.6 Å². The summed E-state index contributed by atoms with van der Waals surface area (Å²) in [4.78, 5) is 15.7. The van der Waals surface area contributed by atoms with Gasteiger partial charge < -0.3 is 10.2 Å². The maximum atomic E-state index is 12.3. The minimum absolute atomic E-state index is 0.111. The molecule has 1 amide bonds. The third kappa shape index (κ3) is 4.44. The molecule has 3 rings (SSSR count). The van der Waals surface area contributed by atoms with Crippen LogP contribution in [0.3, 0.4) is 0 Å². The molecule has 1 aliphatic heterocycles. The number of para-hydroxylation sites is 1. The lowest BCUT2D eigenvalue weighted by Crippen LogP contribution is -2.24. The van der Waals surface area contributed by atoms with Gasteiger partial charge in [0.25, 0.3) is 0 Å². The van der Waals surface area contributed by atoms with Crippen molar-refractivity contribution in [2.24, 2.45) is 0 Å². The molecule has 0 bridgehead atoms. The molecule has 1 heterocycles. The van der Waals surface area contributed by atoms with E-state index in [0.717, 1.165) is 24.4 Å². The summed E-state index contributed by atoms with van der Waals surface area (Å²) in [5, 5.41) is 3.12. The number of fused-ring (bicyclic) bond motifs is 1. The number of nitrogens with zero attached hydrogens (tertiary/aromatic N) is 1. The van der Waals surface area contributed by atoms with E-state index in [0.29, 0.717) is 6.42 Å². The fourth-order valence-electron chi connectivity index (χ4n) is 3.24. The molecule has 2 aromatic rings. The molecule has 0 aromatic heterocycles. The lowest BCUT2D eigenvalue weighted by Gasteiger charge is -2.28. The van der Waals surface area contributed by atoms with E-state index < -0.39 is 0 Å². The van der Waals surface area contributed by atoms with E-state index in [9.17, 15) is 4.79 Å². The predicted molar refractivity (Wildman–Crippen MR) is 107 cm³/mol. The topological polar surface area (TPSA) is 32.3 Å². The van der Waals surface area contributed by atoms with Gasteiger partial charge in [0, 0.05) is 17.2 Å². The number of anilines is 1. The zero-order valence-electron chi connectivity index (χ0n) is 15.2. The number of carbonyl (C=O) groups is 1. The van der Waals surface area contributed by atoms with Gasteiger partial charge in [-0.25, -0.2) is 0 Å². The zero-order chi connectivity index (χ0) is 17.8. The molecule has 0 radical (unpaired) electrons. The molecule has 0 fully saturated rings. The van der Waals surface area contributed by atoms with Crippen LogP contribution in [0.4, 0.5) is 5.69 Å². The SMILES string of the molecule is Cc1ccc(C2CC(=O)Nc3c(SCCCN(C)C)cccc32)cc1. The van der Waals surface area contributed by atoms with Gasteiger partial charge in [0.15, 0.2) is 0 Å². The lowest BCUT2D eigenvalue weighted by atomic mass is 9.84. The van der Waals surface area contributed by atoms with E-state index in [1.807, 2.05) is 11.8 Å². The molecule has 132 valence electrons. The predicted octanol–water partition coefficient (Wildman–Crippen LogP) is 4.51. The number of carbonyl (C=O) groups excluding carboxylic acids is 1. The Labute approximate surface area is 154 Å². The van der Waals surface area contributed by atoms with Gasteiger partial charge in [-0.3, -0.25) is 4.79 Å². The molecular weight excluding hydrogens is 328 g/mol. The summed E-state index contributed by atoms with van der Waals surface area (Å²) < 4.78 is 0. The molecule has 3 nitrogen and oxygen atoms in total. The Hall–Kier alpha value is -1.78. The molecule has 1 N–H and O–H groups in total. The Bertz CT molecular complexity index is 740. The van der Waals surface area contributed by atoms with E-state index >= 15 is 0 Å². The average Bonchev–Trinajstić information content (AvgIpc) is 2.59. The van der Waals surface area contributed by atoms with Gasteiger partial charge in [-0.15, -0.1) is 11.8 Å². The van der Waals surface area contributed by atoms with Gasteiger partial charge >= 0.3 is 0 Å². The van der Waals surface area contributed by atoms with Crippen LogP contribution in [0.2, 0.25) is 0 Å². The van der Waals surface area contributed by atoms with Crippen LogP contribution in [0.5, 0.6) is 0 Å². The molecule has 4 heteroatoms. The second-order valence-electron chi connectivity index (χ2n) is 6.94. The molecular formula is C21H26N2OS. The highest BCUT2D eigenvalue weighted by molar-refractivity contribution is 7.99. The molecule has 0 aliphatic carbocycles. The maximum absolute atomic E-state index is 12.3. The second-order valence-corrected chi connectivity index (χ2v) is 8.08. The summed E-state index contributed by atoms with van der Waals surface area (Å²) in [6.45, 7) is 3.17. The normalized spacial score (nSPS) is 16.6. The Balaban J connectivity index is 1.84. The monoisotopic (exact) mass is 354 g/mol. The molecule has 2 aromatic carbocycles. The lowest BCUT2D eigenvalue weighted by molar-refractivity contribution is -0.116. The number of benzene rings is 2. The van der Waals surface area contributed by atoms with E-state index in [-0.39, 0.29) is 11.8 Å². The molecule has 1 unspecified atom stereocenters. The number of hydrogen-bond donors (Lipinski definition) is 1. The standard InChI is InChI=1S/C21H26N2OS/c1-15-8-10-16(11-9-15)18-14-20(24)22-21-17(18)6-4-7-19(21)25-13-5-12-23(2)3/h4,6-11,18H,5,12-14H2,1-3H3,(H,22,24). The maximum Gasteiger partial charge on any atom is 0.225 e. The first kappa shape index (κ1) is 18.0. The molecule has 0 saturated heterocycles. The molecule has 25 heavy (non-hydrogen) atoms. The van der Waals surface area contributed by atoms with Crippen LogP contribution in [0.25, 0.3) is 0 Å². The third-order valence-corrected chi connectivity index (χ3v) is 5.72. The van der Waals surface area contributed by atoms with Crippen molar-refractivity contribution in [1.29, 1.82) is 0 Å². The van der Waals surface area contributed by atoms with Crippen LogP contribution in [0.1, 0.15) is 35.4 Å². The van der Waals surface area contributed by atoms with Crippen LogP contribution in [-0.2, 0) is 4.79 Å². The van der Waals surface area contributed by atoms with Crippen LogP contribution in [-0.4, -0.2) is 37.2 Å². The van der Waals surface area contributed by atoms with Crippen molar-refractivity contribution in [1.82, 2.24) is 4.90 Å². The van der Waals surface area contributed by atoms with Crippen molar-refractivity contribution in [2.75, 3.05) is 31.7 Å². The number of aryl methyl sites for hydroxylation is 1. The quantitative estimate of drug-likeness (QED) is 0.612. The molecule has 1 atom stereocenters. The van der Waals surface area contributed by atoms with Crippen molar-refractivity contribution in [3.63, 3.8) is 0 Å². The number of thioether (sulfide) groups is 1. The van der Waals surface area contributed by atoms with Crippen LogP contribution in [0.15, 0.2) is 47.4 Å². The highest BCUT2D eigenvalue weighted by Crippen LogP contribution is 2.42. The Morgan fingerprint density at radius 1 is 1.16 bits per heavy atom. The van der Waals surface area contributed by atoms with Crippen LogP contribution >= 0.6 is 11.8 Å². The summed E-state index contributed by atoms with van der Waals surface area (Å²) in [6.07, 6.45) is 1.65. The minimum atomic E-state index is 0.111. The zero-order valence-corrected chi connectivity index (χ0v) is 16.0. The van der Waals surface area contributed by atoms with Gasteiger partial charge in [0.05, 0.1) is 5.69 Å². The Morgan fingerprint density at radius 2 is 1.92 bits per heavy atom. The fraction of sp³-hybridized carbons (Fsp3) is 0.381. The first-order valence-corrected chi connectivity index (χ1v) is 9.80. The van der Waals surface area contributed by atoms with Crippen molar-refractivity contribution < 1.29 is 4.79 Å². The highest BCUT2D eigenvalue weighted by Gasteiger charge is 2.28. The number of rotatable bonds is 6. The summed E-state index contributed by atoms with van der Waals surface area (Å²) in [5.41, 5.74) is 4.71. The van der Waals surface area contributed by atoms with E-state index in [2.05, 4.69) is 73.7 Å². The van der Waals surface area contributed by atoms with Gasteiger partial charge in [0.2, 0.25) is 5.91 Å². The van der Waals surface area contributed by atoms with Crippen molar-refractivity contribution in [3.8, 4) is 0 Å². The number of nitrogens with one attached hydrogen (secondary N) is 1. The van der Waals surface area contributed by atoms with Gasteiger partial charge in [-0.2, -0.15) is 0 Å². The largest absolute Gasteiger partial charge is 0.325 e. The average molecular weight is 355 g/mol. The summed E-state index contributed by atoms with van der Waals surface area (Å²) >= 11 is 1.84. The van der Waals surface area contributed by atoms with Gasteiger partial charge in [-0.1, -0.05) is 42.0 Å². The second kappa shape index (κ2) is 8.07. The summed E-state index contributed by atoms with van der Waals surface area (Å²) in [6, 6.07) is 15.0. The molecule has 0 saturated carbocycles. The summed E-state index contributed by atoms with van der Waals surface area (Å²) in [7, 11) is 4.20. The first-order chi connectivity index (χ1) is 12.0. The van der Waals surface area contributed by atoms with Gasteiger partial charge in [0.1, 0.15) is 0 Å². The number of amides is 1. The highest BCUT2D eigenvalue weighted by atomic mass is 32.2. The van der Waals surface area contributed by atoms with E-state index in [1.54, 1.807) is 0 Å². The smallest absolute Gasteiger partial charge is 0.225 e. The Morgan fingerprint density at radius 3 is 2.64 bits per heavy atom. The molecule has 1 aliphatic rings. The minimum Gasteiger partial charge on any atom is -0.325 e. The summed E-state index contributed by atoms with van der Waals surface area (Å²) in [5.74, 6) is 1.31. The van der Waals surface area contributed by atoms with Crippen molar-refractivity contribution >= 4 is 23.4 Å². The van der Waals surface area contributed by atoms with Gasteiger partial charge in [-0.05, 0) is 56.9 Å².